The van der Waals surface area contributed by atoms with Crippen LogP contribution in [0.4, 0.5) is 5.95 Å². The van der Waals surface area contributed by atoms with Crippen molar-refractivity contribution in [1.82, 2.24) is 14.6 Å². The Labute approximate surface area is 180 Å². The Morgan fingerprint density at radius 2 is 1.93 bits per heavy atom. The summed E-state index contributed by atoms with van der Waals surface area (Å²) in [5.41, 5.74) is 1.40. The third-order valence-electron chi connectivity index (χ3n) is 3.96. The molecule has 29 heavy (non-hydrogen) atoms. The summed E-state index contributed by atoms with van der Waals surface area (Å²) in [4.78, 5) is 4.86. The van der Waals surface area contributed by atoms with Gasteiger partial charge < -0.3 is 4.74 Å². The molecule has 2 aromatic heterocycles. The minimum absolute atomic E-state index is 0.0305. The second kappa shape index (κ2) is 7.83. The molecule has 0 bridgehead atoms. The first-order chi connectivity index (χ1) is 13.9. The molecule has 0 aliphatic heterocycles. The highest BCUT2D eigenvalue weighted by molar-refractivity contribution is 7.92. The van der Waals surface area contributed by atoms with Gasteiger partial charge in [0.05, 0.1) is 22.2 Å². The van der Waals surface area contributed by atoms with Crippen molar-refractivity contribution in [3.63, 3.8) is 0 Å². The van der Waals surface area contributed by atoms with Crippen molar-refractivity contribution in [2.24, 2.45) is 0 Å². The van der Waals surface area contributed by atoms with Crippen LogP contribution in [0.3, 0.4) is 0 Å². The van der Waals surface area contributed by atoms with Crippen LogP contribution >= 0.6 is 34.5 Å². The van der Waals surface area contributed by atoms with Crippen LogP contribution in [0.15, 0.2) is 52.7 Å². The number of anilines is 1. The molecule has 2 aromatic carbocycles. The second-order valence-corrected chi connectivity index (χ2v) is 9.25. The molecule has 4 aromatic rings. The third-order valence-corrected chi connectivity index (χ3v) is 6.67. The Kier molecular flexibility index (Phi) is 5.39. The molecule has 0 radical (unpaired) electrons. The van der Waals surface area contributed by atoms with E-state index in [9.17, 15) is 8.42 Å². The number of thiazole rings is 1. The number of hydrogen-bond acceptors (Lipinski definition) is 6. The Morgan fingerprint density at radius 1 is 1.17 bits per heavy atom. The highest BCUT2D eigenvalue weighted by atomic mass is 35.5. The summed E-state index contributed by atoms with van der Waals surface area (Å²) in [6.45, 7) is 2.35. The summed E-state index contributed by atoms with van der Waals surface area (Å²) in [6, 6.07) is 11.2. The first kappa shape index (κ1) is 20.0. The van der Waals surface area contributed by atoms with Gasteiger partial charge in [0.15, 0.2) is 0 Å². The predicted octanol–water partition coefficient (Wildman–Crippen LogP) is 4.96. The standard InChI is InChI=1S/C18H14Cl2N4O3S2/c1-2-27-12-4-6-13(7-5-12)29(25,26)23-17-21-18-24(22-17)16(10-28-18)14-8-3-11(19)9-15(14)20/h3-10H,2H2,1H3,(H,22,23). The monoisotopic (exact) mass is 468 g/mol. The highest BCUT2D eigenvalue weighted by Crippen LogP contribution is 2.33. The van der Waals surface area contributed by atoms with Crippen LogP contribution in [-0.4, -0.2) is 29.6 Å². The van der Waals surface area contributed by atoms with Gasteiger partial charge in [0, 0.05) is 16.0 Å². The fraction of sp³-hybridized carbons (Fsp3) is 0.111. The molecule has 0 saturated heterocycles. The van der Waals surface area contributed by atoms with Gasteiger partial charge in [-0.2, -0.15) is 4.98 Å². The quantitative estimate of drug-likeness (QED) is 0.431. The number of sulfonamides is 1. The van der Waals surface area contributed by atoms with Gasteiger partial charge in [-0.15, -0.1) is 16.4 Å². The molecule has 1 N–H and O–H groups in total. The SMILES string of the molecule is CCOc1ccc(S(=O)(=O)Nc2nc3scc(-c4ccc(Cl)cc4Cl)n3n2)cc1. The zero-order valence-electron chi connectivity index (χ0n) is 15.0. The van der Waals surface area contributed by atoms with E-state index in [1.165, 1.54) is 28.0 Å². The van der Waals surface area contributed by atoms with E-state index in [1.54, 1.807) is 30.3 Å². The lowest BCUT2D eigenvalue weighted by atomic mass is 10.2. The summed E-state index contributed by atoms with van der Waals surface area (Å²) in [7, 11) is -3.84. The fourth-order valence-corrected chi connectivity index (χ4v) is 4.93. The lowest BCUT2D eigenvalue weighted by molar-refractivity contribution is 0.340. The van der Waals surface area contributed by atoms with Crippen molar-refractivity contribution in [1.29, 1.82) is 0 Å². The molecular weight excluding hydrogens is 455 g/mol. The van der Waals surface area contributed by atoms with Crippen LogP contribution in [0.25, 0.3) is 16.2 Å². The van der Waals surface area contributed by atoms with Crippen LogP contribution in [0, 0.1) is 0 Å². The van der Waals surface area contributed by atoms with Crippen LogP contribution in [0.5, 0.6) is 5.75 Å². The Hall–Kier alpha value is -2.33. The molecule has 0 saturated carbocycles. The molecule has 0 aliphatic rings. The first-order valence-corrected chi connectivity index (χ1v) is 11.5. The van der Waals surface area contributed by atoms with Gasteiger partial charge in [-0.05, 0) is 49.4 Å². The smallest absolute Gasteiger partial charge is 0.264 e. The van der Waals surface area contributed by atoms with Gasteiger partial charge in [0.2, 0.25) is 4.96 Å². The lowest BCUT2D eigenvalue weighted by Gasteiger charge is -2.06. The summed E-state index contributed by atoms with van der Waals surface area (Å²) in [5.74, 6) is 0.564. The molecule has 150 valence electrons. The number of nitrogens with one attached hydrogen (secondary N) is 1. The molecule has 7 nitrogen and oxygen atoms in total. The number of halogens is 2. The number of nitrogens with zero attached hydrogens (tertiary/aromatic N) is 3. The van der Waals surface area contributed by atoms with Crippen LogP contribution in [0.2, 0.25) is 10.0 Å². The number of hydrogen-bond donors (Lipinski definition) is 1. The van der Waals surface area contributed by atoms with E-state index in [-0.39, 0.29) is 10.8 Å². The van der Waals surface area contributed by atoms with Crippen molar-refractivity contribution in [2.75, 3.05) is 11.3 Å². The highest BCUT2D eigenvalue weighted by Gasteiger charge is 2.19. The Bertz CT molecular complexity index is 1280. The van der Waals surface area contributed by atoms with E-state index in [2.05, 4.69) is 14.8 Å². The second-order valence-electron chi connectivity index (χ2n) is 5.88. The molecule has 0 spiro atoms. The average molecular weight is 469 g/mol. The molecular formula is C18H14Cl2N4O3S2. The number of rotatable bonds is 6. The minimum atomic E-state index is -3.84. The number of aromatic nitrogens is 3. The van der Waals surface area contributed by atoms with Crippen molar-refractivity contribution in [2.45, 2.75) is 11.8 Å². The normalized spacial score (nSPS) is 11.7. The van der Waals surface area contributed by atoms with Crippen molar-refractivity contribution in [3.05, 3.63) is 57.9 Å². The maximum absolute atomic E-state index is 12.6. The molecule has 0 atom stereocenters. The average Bonchev–Trinajstić information content (AvgIpc) is 3.22. The van der Waals surface area contributed by atoms with Crippen LogP contribution < -0.4 is 9.46 Å². The minimum Gasteiger partial charge on any atom is -0.494 e. The van der Waals surface area contributed by atoms with Crippen molar-refractivity contribution < 1.29 is 13.2 Å². The van der Waals surface area contributed by atoms with E-state index in [0.717, 1.165) is 0 Å². The van der Waals surface area contributed by atoms with Crippen LogP contribution in [-0.2, 0) is 10.0 Å². The molecule has 4 rings (SSSR count). The van der Waals surface area contributed by atoms with Gasteiger partial charge in [-0.3, -0.25) is 0 Å². The number of ether oxygens (including phenoxy) is 1. The fourth-order valence-electron chi connectivity index (χ4n) is 2.67. The summed E-state index contributed by atoms with van der Waals surface area (Å²) in [5, 5.41) is 7.11. The maximum atomic E-state index is 12.6. The van der Waals surface area contributed by atoms with Crippen molar-refractivity contribution in [3.8, 4) is 17.0 Å². The Balaban J connectivity index is 1.64. The summed E-state index contributed by atoms with van der Waals surface area (Å²) < 4.78 is 34.6. The van der Waals surface area contributed by atoms with E-state index in [0.29, 0.717) is 38.6 Å². The third kappa shape index (κ3) is 4.04. The Morgan fingerprint density at radius 3 is 2.62 bits per heavy atom. The van der Waals surface area contributed by atoms with E-state index >= 15 is 0 Å². The van der Waals surface area contributed by atoms with Gasteiger partial charge >= 0.3 is 0 Å². The summed E-state index contributed by atoms with van der Waals surface area (Å²) >= 11 is 13.6. The first-order valence-electron chi connectivity index (χ1n) is 8.43. The maximum Gasteiger partial charge on any atom is 0.264 e. The van der Waals surface area contributed by atoms with Gasteiger partial charge in [-0.25, -0.2) is 17.7 Å². The topological polar surface area (TPSA) is 85.6 Å². The van der Waals surface area contributed by atoms with Gasteiger partial charge in [-0.1, -0.05) is 23.2 Å². The zero-order chi connectivity index (χ0) is 20.6. The van der Waals surface area contributed by atoms with E-state index in [4.69, 9.17) is 27.9 Å². The molecule has 11 heteroatoms. The number of benzene rings is 2. The lowest BCUT2D eigenvalue weighted by Crippen LogP contribution is -2.14. The van der Waals surface area contributed by atoms with Gasteiger partial charge in [0.25, 0.3) is 16.0 Å². The molecule has 0 aliphatic carbocycles. The number of fused-ring (bicyclic) bond motifs is 1. The molecule has 0 unspecified atom stereocenters. The van der Waals surface area contributed by atoms with E-state index in [1.807, 2.05) is 12.3 Å². The predicted molar refractivity (Wildman–Crippen MR) is 115 cm³/mol. The summed E-state index contributed by atoms with van der Waals surface area (Å²) in [6.07, 6.45) is 0. The zero-order valence-corrected chi connectivity index (χ0v) is 18.1. The van der Waals surface area contributed by atoms with Gasteiger partial charge in [0.1, 0.15) is 5.75 Å². The van der Waals surface area contributed by atoms with Crippen LogP contribution in [0.1, 0.15) is 6.92 Å². The largest absolute Gasteiger partial charge is 0.494 e. The molecule has 2 heterocycles. The van der Waals surface area contributed by atoms with E-state index < -0.39 is 10.0 Å². The van der Waals surface area contributed by atoms with Crippen molar-refractivity contribution >= 4 is 55.5 Å². The molecule has 0 amide bonds. The molecule has 0 fully saturated rings.